The van der Waals surface area contributed by atoms with Crippen LogP contribution in [0.4, 0.5) is 0 Å². The van der Waals surface area contributed by atoms with Gasteiger partial charge in [0.2, 0.25) is 5.91 Å². The molecule has 7 nitrogen and oxygen atoms in total. The largest absolute Gasteiger partial charge is 0.385 e. The molecule has 30 heavy (non-hydrogen) atoms. The van der Waals surface area contributed by atoms with E-state index in [-0.39, 0.29) is 11.8 Å². The van der Waals surface area contributed by atoms with Crippen LogP contribution in [0.5, 0.6) is 0 Å². The van der Waals surface area contributed by atoms with Crippen molar-refractivity contribution in [3.63, 3.8) is 0 Å². The van der Waals surface area contributed by atoms with Crippen LogP contribution < -0.4 is 5.32 Å². The van der Waals surface area contributed by atoms with E-state index in [1.807, 2.05) is 47.4 Å². The van der Waals surface area contributed by atoms with Gasteiger partial charge in [-0.1, -0.05) is 17.8 Å². The number of amides is 2. The Morgan fingerprint density at radius 2 is 1.87 bits per heavy atom. The molecule has 8 heteroatoms. The third-order valence-electron chi connectivity index (χ3n) is 4.84. The van der Waals surface area contributed by atoms with Crippen molar-refractivity contribution in [1.82, 2.24) is 20.1 Å². The predicted octanol–water partition coefficient (Wildman–Crippen LogP) is 2.14. The highest BCUT2D eigenvalue weighted by atomic mass is 32.2. The van der Waals surface area contributed by atoms with Gasteiger partial charge in [0.25, 0.3) is 5.91 Å². The maximum Gasteiger partial charge on any atom is 0.253 e. The number of ether oxygens (including phenoxy) is 1. The normalized spacial score (nSPS) is 14.5. The Hall–Kier alpha value is -2.42. The number of aromatic nitrogens is 1. The first-order chi connectivity index (χ1) is 14.7. The second-order valence-electron chi connectivity index (χ2n) is 7.06. The molecule has 1 saturated heterocycles. The van der Waals surface area contributed by atoms with Gasteiger partial charge in [-0.05, 0) is 42.8 Å². The van der Waals surface area contributed by atoms with E-state index in [1.54, 1.807) is 25.1 Å². The Morgan fingerprint density at radius 3 is 2.53 bits per heavy atom. The van der Waals surface area contributed by atoms with Gasteiger partial charge in [0, 0.05) is 63.1 Å². The Morgan fingerprint density at radius 1 is 1.10 bits per heavy atom. The molecule has 1 fully saturated rings. The zero-order chi connectivity index (χ0) is 21.2. The molecule has 2 heterocycles. The lowest BCUT2D eigenvalue weighted by molar-refractivity contribution is -0.122. The van der Waals surface area contributed by atoms with Crippen molar-refractivity contribution in [2.75, 3.05) is 53.0 Å². The predicted molar refractivity (Wildman–Crippen MR) is 117 cm³/mol. The van der Waals surface area contributed by atoms with Crippen molar-refractivity contribution < 1.29 is 14.3 Å². The molecular formula is C22H28N4O3S. The molecule has 0 atom stereocenters. The first-order valence-corrected chi connectivity index (χ1v) is 10.9. The summed E-state index contributed by atoms with van der Waals surface area (Å²) in [5, 5.41) is 3.83. The molecule has 1 N–H and O–H groups in total. The molecule has 0 aliphatic carbocycles. The van der Waals surface area contributed by atoms with Crippen molar-refractivity contribution in [3.8, 4) is 0 Å². The first kappa shape index (κ1) is 22.3. The van der Waals surface area contributed by atoms with Gasteiger partial charge in [-0.3, -0.25) is 14.5 Å². The monoisotopic (exact) mass is 428 g/mol. The molecule has 3 rings (SSSR count). The zero-order valence-corrected chi connectivity index (χ0v) is 18.1. The van der Waals surface area contributed by atoms with E-state index in [1.165, 1.54) is 0 Å². The number of carbonyl (C=O) groups excluding carboxylic acids is 2. The molecular weight excluding hydrogens is 400 g/mol. The topological polar surface area (TPSA) is 74.8 Å². The second-order valence-corrected chi connectivity index (χ2v) is 8.15. The van der Waals surface area contributed by atoms with Crippen LogP contribution in [0.1, 0.15) is 16.8 Å². The van der Waals surface area contributed by atoms with Crippen LogP contribution in [0, 0.1) is 0 Å². The standard InChI is InChI=1S/C22H28N4O3S/c1-29-16-4-11-23-20(27)17-25-12-14-26(15-13-25)22(28)18-6-8-19(9-7-18)30-21-5-2-3-10-24-21/h2-3,5-10H,4,11-17H2,1H3,(H,23,27). The Balaban J connectivity index is 1.43. The number of piperazine rings is 1. The fourth-order valence-corrected chi connectivity index (χ4v) is 3.96. The van der Waals surface area contributed by atoms with Gasteiger partial charge >= 0.3 is 0 Å². The third-order valence-corrected chi connectivity index (χ3v) is 5.79. The highest BCUT2D eigenvalue weighted by molar-refractivity contribution is 7.99. The van der Waals surface area contributed by atoms with Crippen LogP contribution in [0.3, 0.4) is 0 Å². The fourth-order valence-electron chi connectivity index (χ4n) is 3.19. The number of carbonyl (C=O) groups is 2. The molecule has 0 bridgehead atoms. The van der Waals surface area contributed by atoms with Gasteiger partial charge in [-0.2, -0.15) is 0 Å². The van der Waals surface area contributed by atoms with E-state index in [4.69, 9.17) is 4.74 Å². The molecule has 1 aliphatic rings. The molecule has 160 valence electrons. The number of hydrogen-bond acceptors (Lipinski definition) is 6. The van der Waals surface area contributed by atoms with Crippen molar-refractivity contribution in [3.05, 3.63) is 54.2 Å². The van der Waals surface area contributed by atoms with E-state index < -0.39 is 0 Å². The van der Waals surface area contributed by atoms with Crippen LogP contribution in [0.15, 0.2) is 58.6 Å². The minimum absolute atomic E-state index is 0.0203. The number of rotatable bonds is 9. The van der Waals surface area contributed by atoms with Crippen molar-refractivity contribution in [2.45, 2.75) is 16.3 Å². The van der Waals surface area contributed by atoms with Crippen molar-refractivity contribution in [2.24, 2.45) is 0 Å². The Bertz CT molecular complexity index is 809. The average molecular weight is 429 g/mol. The van der Waals surface area contributed by atoms with Crippen LogP contribution in [-0.2, 0) is 9.53 Å². The molecule has 2 aromatic rings. The molecule has 2 amide bonds. The lowest BCUT2D eigenvalue weighted by atomic mass is 10.2. The number of nitrogens with zero attached hydrogens (tertiary/aromatic N) is 3. The van der Waals surface area contributed by atoms with Crippen molar-refractivity contribution in [1.29, 1.82) is 0 Å². The summed E-state index contributed by atoms with van der Waals surface area (Å²) in [5.74, 6) is 0.0555. The van der Waals surface area contributed by atoms with Crippen LogP contribution in [-0.4, -0.2) is 79.6 Å². The number of benzene rings is 1. The van der Waals surface area contributed by atoms with E-state index >= 15 is 0 Å². The summed E-state index contributed by atoms with van der Waals surface area (Å²) < 4.78 is 4.97. The summed E-state index contributed by atoms with van der Waals surface area (Å²) in [7, 11) is 1.65. The quantitative estimate of drug-likeness (QED) is 0.617. The first-order valence-electron chi connectivity index (χ1n) is 10.1. The minimum atomic E-state index is 0.0203. The number of hydrogen-bond donors (Lipinski definition) is 1. The average Bonchev–Trinajstić information content (AvgIpc) is 2.78. The van der Waals surface area contributed by atoms with Gasteiger partial charge in [0.15, 0.2) is 0 Å². The smallest absolute Gasteiger partial charge is 0.253 e. The highest BCUT2D eigenvalue weighted by Crippen LogP contribution is 2.26. The van der Waals surface area contributed by atoms with Crippen LogP contribution >= 0.6 is 11.8 Å². The van der Waals surface area contributed by atoms with Gasteiger partial charge in [0.05, 0.1) is 6.54 Å². The summed E-state index contributed by atoms with van der Waals surface area (Å²) in [6.45, 7) is 4.29. The highest BCUT2D eigenvalue weighted by Gasteiger charge is 2.23. The SMILES string of the molecule is COCCCNC(=O)CN1CCN(C(=O)c2ccc(Sc3ccccn3)cc2)CC1. The molecule has 0 unspecified atom stereocenters. The van der Waals surface area contributed by atoms with Gasteiger partial charge in [-0.25, -0.2) is 4.98 Å². The molecule has 1 aliphatic heterocycles. The van der Waals surface area contributed by atoms with Gasteiger partial charge in [-0.15, -0.1) is 0 Å². The lowest BCUT2D eigenvalue weighted by Gasteiger charge is -2.34. The molecule has 0 spiro atoms. The van der Waals surface area contributed by atoms with E-state index in [9.17, 15) is 9.59 Å². The Kier molecular flexibility index (Phi) is 8.67. The summed E-state index contributed by atoms with van der Waals surface area (Å²) in [6.07, 6.45) is 2.58. The third kappa shape index (κ3) is 6.83. The van der Waals surface area contributed by atoms with Crippen LogP contribution in [0.2, 0.25) is 0 Å². The van der Waals surface area contributed by atoms with Crippen LogP contribution in [0.25, 0.3) is 0 Å². The lowest BCUT2D eigenvalue weighted by Crippen LogP contribution is -2.51. The van der Waals surface area contributed by atoms with Gasteiger partial charge in [0.1, 0.15) is 5.03 Å². The number of pyridine rings is 1. The summed E-state index contributed by atoms with van der Waals surface area (Å²) in [5.41, 5.74) is 0.685. The summed E-state index contributed by atoms with van der Waals surface area (Å²) >= 11 is 1.57. The maximum absolute atomic E-state index is 12.8. The molecule has 0 saturated carbocycles. The molecule has 0 radical (unpaired) electrons. The van der Waals surface area contributed by atoms with E-state index in [0.29, 0.717) is 51.4 Å². The van der Waals surface area contributed by atoms with Gasteiger partial charge < -0.3 is 15.0 Å². The number of methoxy groups -OCH3 is 1. The summed E-state index contributed by atoms with van der Waals surface area (Å²) in [6, 6.07) is 13.5. The van der Waals surface area contributed by atoms with Crippen molar-refractivity contribution >= 4 is 23.6 Å². The maximum atomic E-state index is 12.8. The van der Waals surface area contributed by atoms with E-state index in [2.05, 4.69) is 15.2 Å². The number of nitrogens with one attached hydrogen (secondary N) is 1. The van der Waals surface area contributed by atoms with E-state index in [0.717, 1.165) is 16.3 Å². The molecule has 1 aromatic heterocycles. The minimum Gasteiger partial charge on any atom is -0.385 e. The Labute approximate surface area is 181 Å². The second kappa shape index (κ2) is 11.7. The molecule has 1 aromatic carbocycles. The fraction of sp³-hybridized carbons (Fsp3) is 0.409. The zero-order valence-electron chi connectivity index (χ0n) is 17.3. The summed E-state index contributed by atoms with van der Waals surface area (Å²) in [4.78, 5) is 34.1.